The standard InChI is InChI=1S/C32H36Cl2N2O2S/c1-23-10-8-13-25(18-23)20-36(31(37)22-39-21-27-28(33)16-9-17-29(27)34)30(19-24-11-4-2-5-12-24)32(38)35-26-14-6-3-7-15-26/h2,4-5,8-13,16-18,26,30H,3,6-7,14-15,19-22H2,1H3,(H,35,38). The van der Waals surface area contributed by atoms with E-state index < -0.39 is 6.04 Å². The average molecular weight is 584 g/mol. The third-order valence-corrected chi connectivity index (χ3v) is 8.84. The molecule has 39 heavy (non-hydrogen) atoms. The number of carbonyl (C=O) groups excluding carboxylic acids is 2. The van der Waals surface area contributed by atoms with E-state index >= 15 is 0 Å². The van der Waals surface area contributed by atoms with Crippen LogP contribution in [0.25, 0.3) is 0 Å². The molecule has 1 fully saturated rings. The number of thioether (sulfide) groups is 1. The Kier molecular flexibility index (Phi) is 11.2. The van der Waals surface area contributed by atoms with Gasteiger partial charge in [-0.15, -0.1) is 11.8 Å². The van der Waals surface area contributed by atoms with Gasteiger partial charge in [0.2, 0.25) is 11.8 Å². The summed E-state index contributed by atoms with van der Waals surface area (Å²) in [5, 5.41) is 4.48. The largest absolute Gasteiger partial charge is 0.352 e. The second kappa shape index (κ2) is 14.8. The normalized spacial score (nSPS) is 14.5. The monoisotopic (exact) mass is 582 g/mol. The molecular weight excluding hydrogens is 547 g/mol. The van der Waals surface area contributed by atoms with E-state index in [-0.39, 0.29) is 23.6 Å². The lowest BCUT2D eigenvalue weighted by Crippen LogP contribution is -2.53. The quantitative estimate of drug-likeness (QED) is 0.253. The van der Waals surface area contributed by atoms with Crippen LogP contribution in [-0.4, -0.2) is 34.6 Å². The summed E-state index contributed by atoms with van der Waals surface area (Å²) in [6, 6.07) is 23.0. The third-order valence-electron chi connectivity index (χ3n) is 7.19. The maximum Gasteiger partial charge on any atom is 0.243 e. The van der Waals surface area contributed by atoms with Crippen LogP contribution in [0, 0.1) is 6.92 Å². The van der Waals surface area contributed by atoms with Crippen molar-refractivity contribution in [2.45, 2.75) is 69.8 Å². The highest BCUT2D eigenvalue weighted by molar-refractivity contribution is 7.99. The first-order chi connectivity index (χ1) is 18.9. The molecule has 4 rings (SSSR count). The van der Waals surface area contributed by atoms with Crippen molar-refractivity contribution in [3.05, 3.63) is 105 Å². The molecule has 0 radical (unpaired) electrons. The number of halogens is 2. The highest BCUT2D eigenvalue weighted by atomic mass is 35.5. The van der Waals surface area contributed by atoms with Crippen LogP contribution in [0.3, 0.4) is 0 Å². The first-order valence-corrected chi connectivity index (χ1v) is 15.5. The van der Waals surface area contributed by atoms with Gasteiger partial charge in [-0.2, -0.15) is 0 Å². The van der Waals surface area contributed by atoms with E-state index in [1.807, 2.05) is 61.5 Å². The van der Waals surface area contributed by atoms with Crippen LogP contribution in [0.1, 0.15) is 54.4 Å². The lowest BCUT2D eigenvalue weighted by molar-refractivity contribution is -0.139. The van der Waals surface area contributed by atoms with E-state index in [1.165, 1.54) is 18.2 Å². The molecule has 3 aromatic carbocycles. The van der Waals surface area contributed by atoms with Crippen molar-refractivity contribution in [1.29, 1.82) is 0 Å². The molecular formula is C32H36Cl2N2O2S. The Bertz CT molecular complexity index is 1230. The molecule has 1 atom stereocenters. The molecule has 0 aromatic heterocycles. The van der Waals surface area contributed by atoms with Gasteiger partial charge in [-0.05, 0) is 48.6 Å². The zero-order chi connectivity index (χ0) is 27.6. The number of hydrogen-bond acceptors (Lipinski definition) is 3. The summed E-state index contributed by atoms with van der Waals surface area (Å²) in [6.45, 7) is 2.40. The van der Waals surface area contributed by atoms with Crippen LogP contribution in [0.4, 0.5) is 0 Å². The molecule has 0 bridgehead atoms. The fourth-order valence-electron chi connectivity index (χ4n) is 5.10. The molecule has 2 amide bonds. The van der Waals surface area contributed by atoms with Crippen molar-refractivity contribution in [3.63, 3.8) is 0 Å². The Hall–Kier alpha value is -2.47. The van der Waals surface area contributed by atoms with E-state index in [9.17, 15) is 9.59 Å². The predicted octanol–water partition coefficient (Wildman–Crippen LogP) is 7.62. The number of nitrogens with one attached hydrogen (secondary N) is 1. The Morgan fingerprint density at radius 3 is 2.28 bits per heavy atom. The average Bonchev–Trinajstić information content (AvgIpc) is 2.93. The number of aryl methyl sites for hydroxylation is 1. The zero-order valence-electron chi connectivity index (χ0n) is 22.4. The smallest absolute Gasteiger partial charge is 0.243 e. The number of benzene rings is 3. The summed E-state index contributed by atoms with van der Waals surface area (Å²) >= 11 is 14.2. The van der Waals surface area contributed by atoms with Crippen molar-refractivity contribution >= 4 is 46.8 Å². The maximum atomic E-state index is 13.9. The van der Waals surface area contributed by atoms with Crippen molar-refractivity contribution in [2.75, 3.05) is 5.75 Å². The Labute approximate surface area is 246 Å². The van der Waals surface area contributed by atoms with Gasteiger partial charge in [0.05, 0.1) is 5.75 Å². The van der Waals surface area contributed by atoms with Gasteiger partial charge in [0, 0.05) is 34.8 Å². The second-order valence-electron chi connectivity index (χ2n) is 10.3. The molecule has 1 aliphatic carbocycles. The minimum absolute atomic E-state index is 0.0779. The van der Waals surface area contributed by atoms with Gasteiger partial charge >= 0.3 is 0 Å². The van der Waals surface area contributed by atoms with E-state index in [2.05, 4.69) is 11.4 Å². The highest BCUT2D eigenvalue weighted by Crippen LogP contribution is 2.29. The van der Waals surface area contributed by atoms with Crippen molar-refractivity contribution in [2.24, 2.45) is 0 Å². The molecule has 7 heteroatoms. The lowest BCUT2D eigenvalue weighted by atomic mass is 9.94. The SMILES string of the molecule is Cc1cccc(CN(C(=O)CSCc2c(Cl)cccc2Cl)C(Cc2ccccc2)C(=O)NC2CCCCC2)c1. The molecule has 1 aliphatic rings. The Balaban J connectivity index is 1.58. The first-order valence-electron chi connectivity index (χ1n) is 13.6. The van der Waals surface area contributed by atoms with Gasteiger partial charge in [-0.1, -0.05) is 109 Å². The second-order valence-corrected chi connectivity index (χ2v) is 12.1. The maximum absolute atomic E-state index is 13.9. The topological polar surface area (TPSA) is 49.4 Å². The van der Waals surface area contributed by atoms with Crippen molar-refractivity contribution in [3.8, 4) is 0 Å². The number of amides is 2. The summed E-state index contributed by atoms with van der Waals surface area (Å²) < 4.78 is 0. The molecule has 3 aromatic rings. The summed E-state index contributed by atoms with van der Waals surface area (Å²) in [5.74, 6) is 0.575. The molecule has 1 unspecified atom stereocenters. The Morgan fingerprint density at radius 2 is 1.59 bits per heavy atom. The van der Waals surface area contributed by atoms with Gasteiger partial charge in [0.1, 0.15) is 6.04 Å². The van der Waals surface area contributed by atoms with Crippen LogP contribution in [-0.2, 0) is 28.3 Å². The first kappa shape index (κ1) is 29.5. The van der Waals surface area contributed by atoms with Crippen LogP contribution >= 0.6 is 35.0 Å². The molecule has 1 N–H and O–H groups in total. The van der Waals surface area contributed by atoms with Gasteiger partial charge < -0.3 is 10.2 Å². The minimum Gasteiger partial charge on any atom is -0.352 e. The minimum atomic E-state index is -0.619. The van der Waals surface area contributed by atoms with Gasteiger partial charge in [-0.25, -0.2) is 0 Å². The summed E-state index contributed by atoms with van der Waals surface area (Å²) in [7, 11) is 0. The summed E-state index contributed by atoms with van der Waals surface area (Å²) in [4.78, 5) is 29.5. The molecule has 0 aliphatic heterocycles. The van der Waals surface area contributed by atoms with E-state index in [4.69, 9.17) is 23.2 Å². The van der Waals surface area contributed by atoms with E-state index in [1.54, 1.807) is 17.0 Å². The Morgan fingerprint density at radius 1 is 0.923 bits per heavy atom. The van der Waals surface area contributed by atoms with Crippen molar-refractivity contribution in [1.82, 2.24) is 10.2 Å². The summed E-state index contributed by atoms with van der Waals surface area (Å²) in [5.41, 5.74) is 3.97. The van der Waals surface area contributed by atoms with E-state index in [0.29, 0.717) is 28.8 Å². The van der Waals surface area contributed by atoms with Gasteiger partial charge in [0.15, 0.2) is 0 Å². The number of hydrogen-bond donors (Lipinski definition) is 1. The number of carbonyl (C=O) groups is 2. The number of rotatable bonds is 11. The molecule has 4 nitrogen and oxygen atoms in total. The van der Waals surface area contributed by atoms with E-state index in [0.717, 1.165) is 47.9 Å². The zero-order valence-corrected chi connectivity index (χ0v) is 24.7. The fourth-order valence-corrected chi connectivity index (χ4v) is 6.75. The van der Waals surface area contributed by atoms with Crippen LogP contribution in [0.5, 0.6) is 0 Å². The molecule has 206 valence electrons. The van der Waals surface area contributed by atoms with Crippen LogP contribution < -0.4 is 5.32 Å². The predicted molar refractivity (Wildman–Crippen MR) is 163 cm³/mol. The van der Waals surface area contributed by atoms with Crippen LogP contribution in [0.2, 0.25) is 10.0 Å². The third kappa shape index (κ3) is 8.76. The lowest BCUT2D eigenvalue weighted by Gasteiger charge is -2.33. The molecule has 0 spiro atoms. The van der Waals surface area contributed by atoms with Gasteiger partial charge in [-0.3, -0.25) is 9.59 Å². The molecule has 1 saturated carbocycles. The van der Waals surface area contributed by atoms with Gasteiger partial charge in [0.25, 0.3) is 0 Å². The van der Waals surface area contributed by atoms with Crippen molar-refractivity contribution < 1.29 is 9.59 Å². The highest BCUT2D eigenvalue weighted by Gasteiger charge is 2.32. The summed E-state index contributed by atoms with van der Waals surface area (Å²) in [6.07, 6.45) is 5.90. The molecule has 0 saturated heterocycles. The van der Waals surface area contributed by atoms with Crippen LogP contribution in [0.15, 0.2) is 72.8 Å². The number of nitrogens with zero attached hydrogens (tertiary/aromatic N) is 1. The molecule has 0 heterocycles. The fraction of sp³-hybridized carbons (Fsp3) is 0.375.